The van der Waals surface area contributed by atoms with Crippen LogP contribution in [0, 0.1) is 11.8 Å². The predicted octanol–water partition coefficient (Wildman–Crippen LogP) is 2.74. The molecule has 3 saturated heterocycles. The molecule has 1 spiro atoms. The number of ether oxygens (including phenoxy) is 2. The van der Waals surface area contributed by atoms with Gasteiger partial charge < -0.3 is 24.4 Å². The summed E-state index contributed by atoms with van der Waals surface area (Å²) >= 11 is 6.04. The molecule has 2 amide bonds. The van der Waals surface area contributed by atoms with E-state index in [0.29, 0.717) is 36.4 Å². The van der Waals surface area contributed by atoms with Gasteiger partial charge in [-0.05, 0) is 49.9 Å². The van der Waals surface area contributed by atoms with Gasteiger partial charge in [-0.2, -0.15) is 0 Å². The van der Waals surface area contributed by atoms with E-state index in [1.807, 2.05) is 0 Å². The number of aliphatic hydroxyl groups excluding tert-OH is 1. The second-order valence-electron chi connectivity index (χ2n) is 9.12. The molecule has 4 rings (SSSR count). The number of benzene rings is 1. The van der Waals surface area contributed by atoms with Crippen molar-refractivity contribution in [3.05, 3.63) is 54.6 Å². The average Bonchev–Trinajstić information content (AvgIpc) is 3.49. The zero-order valence-corrected chi connectivity index (χ0v) is 20.4. The molecule has 3 heterocycles. The first kappa shape index (κ1) is 25.4. The number of likely N-dealkylation sites (tertiary alicyclic amines) is 1. The molecule has 2 bridgehead atoms. The summed E-state index contributed by atoms with van der Waals surface area (Å²) in [7, 11) is 0. The van der Waals surface area contributed by atoms with E-state index in [1.54, 1.807) is 41.3 Å². The highest BCUT2D eigenvalue weighted by atomic mass is 35.5. The first-order chi connectivity index (χ1) is 16.9. The summed E-state index contributed by atoms with van der Waals surface area (Å²) in [5.41, 5.74) is -0.510. The summed E-state index contributed by atoms with van der Waals surface area (Å²) in [5.74, 6) is -2.67. The maximum atomic E-state index is 14.1. The first-order valence-electron chi connectivity index (χ1n) is 11.9. The van der Waals surface area contributed by atoms with Crippen molar-refractivity contribution >= 4 is 35.1 Å². The summed E-state index contributed by atoms with van der Waals surface area (Å²) in [6.45, 7) is 7.86. The number of hydrogen-bond acceptors (Lipinski definition) is 6. The molecule has 188 valence electrons. The molecule has 2 unspecified atom stereocenters. The van der Waals surface area contributed by atoms with Gasteiger partial charge in [0.15, 0.2) is 0 Å². The number of carbonyl (C=O) groups is 3. The van der Waals surface area contributed by atoms with Crippen LogP contribution in [0.5, 0.6) is 0 Å². The Morgan fingerprint density at radius 1 is 1.29 bits per heavy atom. The topological polar surface area (TPSA) is 96.4 Å². The van der Waals surface area contributed by atoms with Crippen molar-refractivity contribution in [3.8, 4) is 0 Å². The van der Waals surface area contributed by atoms with E-state index in [0.717, 1.165) is 0 Å². The lowest BCUT2D eigenvalue weighted by Crippen LogP contribution is -2.56. The van der Waals surface area contributed by atoms with Gasteiger partial charge in [0.2, 0.25) is 5.91 Å². The van der Waals surface area contributed by atoms with E-state index in [2.05, 4.69) is 13.2 Å². The normalized spacial score (nSPS) is 28.6. The summed E-state index contributed by atoms with van der Waals surface area (Å²) < 4.78 is 11.8. The van der Waals surface area contributed by atoms with Gasteiger partial charge in [0.1, 0.15) is 11.6 Å². The van der Waals surface area contributed by atoms with Crippen LogP contribution in [0.4, 0.5) is 5.69 Å². The van der Waals surface area contributed by atoms with Gasteiger partial charge >= 0.3 is 5.97 Å². The third-order valence-electron chi connectivity index (χ3n) is 7.15. The Hall–Kier alpha value is -2.68. The van der Waals surface area contributed by atoms with Crippen LogP contribution in [0.1, 0.15) is 25.7 Å². The second kappa shape index (κ2) is 10.5. The number of rotatable bonds is 11. The molecule has 8 nitrogen and oxygen atoms in total. The molecule has 0 saturated carbocycles. The van der Waals surface area contributed by atoms with E-state index in [4.69, 9.17) is 21.1 Å². The number of anilines is 1. The SMILES string of the molecule is C=CCCOC(=O)[C@@H]1[C@@H]2CCC3(O2)C(C(=O)N(CC=C)c2ccc(Cl)cc2)N(CCCO)C(=O)[C@H]13. The predicted molar refractivity (Wildman–Crippen MR) is 131 cm³/mol. The average molecular weight is 503 g/mol. The Balaban J connectivity index is 1.70. The fourth-order valence-electron chi connectivity index (χ4n) is 5.74. The van der Waals surface area contributed by atoms with E-state index in [1.165, 1.54) is 4.90 Å². The molecule has 0 aromatic heterocycles. The van der Waals surface area contributed by atoms with E-state index < -0.39 is 35.6 Å². The smallest absolute Gasteiger partial charge is 0.312 e. The zero-order chi connectivity index (χ0) is 25.2. The number of aliphatic hydroxyl groups is 1. The van der Waals surface area contributed by atoms with Gasteiger partial charge in [-0.1, -0.05) is 23.8 Å². The number of carbonyl (C=O) groups excluding carboxylic acids is 3. The summed E-state index contributed by atoms with van der Waals surface area (Å²) in [6, 6.07) is 5.93. The molecular weight excluding hydrogens is 472 g/mol. The van der Waals surface area contributed by atoms with Crippen LogP contribution in [0.2, 0.25) is 5.02 Å². The maximum Gasteiger partial charge on any atom is 0.312 e. The second-order valence-corrected chi connectivity index (χ2v) is 9.56. The van der Waals surface area contributed by atoms with Crippen LogP contribution < -0.4 is 4.90 Å². The number of nitrogens with zero attached hydrogens (tertiary/aromatic N) is 2. The lowest BCUT2D eigenvalue weighted by Gasteiger charge is -2.36. The number of hydrogen-bond donors (Lipinski definition) is 1. The molecule has 35 heavy (non-hydrogen) atoms. The van der Waals surface area contributed by atoms with Crippen LogP contribution >= 0.6 is 11.6 Å². The highest BCUT2D eigenvalue weighted by molar-refractivity contribution is 6.30. The van der Waals surface area contributed by atoms with Crippen LogP contribution in [0.25, 0.3) is 0 Å². The van der Waals surface area contributed by atoms with Gasteiger partial charge in [-0.3, -0.25) is 14.4 Å². The number of halogens is 1. The fourth-order valence-corrected chi connectivity index (χ4v) is 5.87. The van der Waals surface area contributed by atoms with Gasteiger partial charge in [0, 0.05) is 30.4 Å². The lowest BCUT2D eigenvalue weighted by atomic mass is 9.70. The van der Waals surface area contributed by atoms with Crippen LogP contribution in [-0.2, 0) is 23.9 Å². The third-order valence-corrected chi connectivity index (χ3v) is 7.40. The largest absolute Gasteiger partial charge is 0.465 e. The molecule has 1 aromatic rings. The molecule has 5 atom stereocenters. The van der Waals surface area contributed by atoms with Gasteiger partial charge in [0.05, 0.1) is 24.5 Å². The molecule has 3 fully saturated rings. The highest BCUT2D eigenvalue weighted by Crippen LogP contribution is 2.58. The van der Waals surface area contributed by atoms with E-state index in [-0.39, 0.29) is 38.1 Å². The van der Waals surface area contributed by atoms with Crippen molar-refractivity contribution in [2.24, 2.45) is 11.8 Å². The quantitative estimate of drug-likeness (QED) is 0.284. The van der Waals surface area contributed by atoms with Gasteiger partial charge in [-0.25, -0.2) is 0 Å². The summed E-state index contributed by atoms with van der Waals surface area (Å²) in [4.78, 5) is 43.9. The first-order valence-corrected chi connectivity index (χ1v) is 12.3. The van der Waals surface area contributed by atoms with Crippen LogP contribution in [0.15, 0.2) is 49.6 Å². The molecular formula is C26H31ClN2O6. The number of esters is 1. The van der Waals surface area contributed by atoms with Crippen LogP contribution in [-0.4, -0.2) is 71.8 Å². The summed E-state index contributed by atoms with van der Waals surface area (Å²) in [5, 5.41) is 9.99. The van der Waals surface area contributed by atoms with E-state index >= 15 is 0 Å². The number of fused-ring (bicyclic) bond motifs is 1. The van der Waals surface area contributed by atoms with Crippen LogP contribution in [0.3, 0.4) is 0 Å². The van der Waals surface area contributed by atoms with Crippen molar-refractivity contribution in [2.75, 3.05) is 31.2 Å². The molecule has 9 heteroatoms. The Kier molecular flexibility index (Phi) is 7.64. The van der Waals surface area contributed by atoms with E-state index in [9.17, 15) is 19.5 Å². The summed E-state index contributed by atoms with van der Waals surface area (Å²) in [6.07, 6.45) is 4.66. The van der Waals surface area contributed by atoms with Crippen molar-refractivity contribution in [1.82, 2.24) is 4.90 Å². The van der Waals surface area contributed by atoms with Crippen molar-refractivity contribution in [1.29, 1.82) is 0 Å². The molecule has 1 N–H and O–H groups in total. The minimum atomic E-state index is -1.12. The monoisotopic (exact) mass is 502 g/mol. The molecule has 3 aliphatic rings. The zero-order valence-electron chi connectivity index (χ0n) is 19.6. The standard InChI is InChI=1S/C26H31ClN2O6/c1-3-5-16-34-25(33)20-19-11-12-26(35-19)21(20)23(31)29(14-6-15-30)22(26)24(32)28(13-4-2)18-9-7-17(27)8-10-18/h3-4,7-10,19-22,30H,1-2,5-6,11-16H2/t19-,20+,21-,22?,26?/m0/s1. The van der Waals surface area contributed by atoms with Gasteiger partial charge in [0.25, 0.3) is 5.91 Å². The Morgan fingerprint density at radius 3 is 2.69 bits per heavy atom. The Morgan fingerprint density at radius 2 is 2.03 bits per heavy atom. The van der Waals surface area contributed by atoms with Crippen molar-refractivity contribution in [2.45, 2.75) is 43.4 Å². The Bertz CT molecular complexity index is 998. The van der Waals surface area contributed by atoms with Crippen molar-refractivity contribution < 1.29 is 29.0 Å². The van der Waals surface area contributed by atoms with Gasteiger partial charge in [-0.15, -0.1) is 13.2 Å². The minimum Gasteiger partial charge on any atom is -0.465 e. The maximum absolute atomic E-state index is 14.1. The fraction of sp³-hybridized carbons (Fsp3) is 0.500. The van der Waals surface area contributed by atoms with Crippen molar-refractivity contribution in [3.63, 3.8) is 0 Å². The highest BCUT2D eigenvalue weighted by Gasteiger charge is 2.75. The number of amides is 2. The molecule has 3 aliphatic heterocycles. The third kappa shape index (κ3) is 4.39. The molecule has 0 radical (unpaired) electrons. The molecule has 1 aromatic carbocycles. The molecule has 0 aliphatic carbocycles. The minimum absolute atomic E-state index is 0.133. The Labute approximate surface area is 210 Å². The lowest BCUT2D eigenvalue weighted by molar-refractivity contribution is -0.155.